The van der Waals surface area contributed by atoms with Crippen molar-refractivity contribution in [3.05, 3.63) is 60.3 Å². The molecule has 0 radical (unpaired) electrons. The van der Waals surface area contributed by atoms with E-state index in [0.29, 0.717) is 0 Å². The lowest BCUT2D eigenvalue weighted by molar-refractivity contribution is -0.116. The molecule has 1 saturated heterocycles. The zero-order chi connectivity index (χ0) is 23.9. The molecule has 1 aliphatic heterocycles. The summed E-state index contributed by atoms with van der Waals surface area (Å²) in [7, 11) is 1.60. The molecule has 1 N–H and O–H groups in total. The Morgan fingerprint density at radius 1 is 1.19 bits per heavy atom. The highest BCUT2D eigenvalue weighted by atomic mass is 16.1. The summed E-state index contributed by atoms with van der Waals surface area (Å²) in [4.78, 5) is 16.3. The third kappa shape index (κ3) is 18.3. The second-order valence-electron chi connectivity index (χ2n) is 7.09. The first-order valence-corrected chi connectivity index (χ1v) is 11.8. The van der Waals surface area contributed by atoms with Crippen LogP contribution in [0.3, 0.4) is 0 Å². The Labute approximate surface area is 192 Å². The minimum Gasteiger partial charge on any atom is -0.356 e. The molecule has 1 amide bonds. The molecule has 0 unspecified atom stereocenters. The summed E-state index contributed by atoms with van der Waals surface area (Å²) in [5.74, 6) is 0.908. The van der Waals surface area contributed by atoms with Crippen molar-refractivity contribution < 1.29 is 4.79 Å². The molecule has 31 heavy (non-hydrogen) atoms. The summed E-state index contributed by atoms with van der Waals surface area (Å²) < 4.78 is 0. The van der Waals surface area contributed by atoms with Gasteiger partial charge < -0.3 is 10.2 Å². The van der Waals surface area contributed by atoms with Crippen LogP contribution in [0.5, 0.6) is 0 Å². The van der Waals surface area contributed by atoms with Crippen LogP contribution in [-0.4, -0.2) is 44.2 Å². The first-order valence-electron chi connectivity index (χ1n) is 11.8. The molecule has 176 valence electrons. The fourth-order valence-electron chi connectivity index (χ4n) is 2.95. The number of piperidine rings is 1. The van der Waals surface area contributed by atoms with Gasteiger partial charge in [-0.1, -0.05) is 70.7 Å². The van der Waals surface area contributed by atoms with Gasteiger partial charge in [-0.05, 0) is 82.9 Å². The van der Waals surface area contributed by atoms with Gasteiger partial charge in [0.15, 0.2) is 0 Å². The van der Waals surface area contributed by atoms with Gasteiger partial charge in [0.1, 0.15) is 0 Å². The molecule has 1 aromatic carbocycles. The number of benzene rings is 1. The average molecular weight is 430 g/mol. The van der Waals surface area contributed by atoms with Gasteiger partial charge in [0.05, 0.1) is 0 Å². The quantitative estimate of drug-likeness (QED) is 0.408. The van der Waals surface area contributed by atoms with Gasteiger partial charge in [0, 0.05) is 12.7 Å². The van der Waals surface area contributed by atoms with E-state index in [1.165, 1.54) is 57.0 Å². The summed E-state index contributed by atoms with van der Waals surface area (Å²) in [6, 6.07) is 10.9. The minimum absolute atomic E-state index is 0.0532. The largest absolute Gasteiger partial charge is 0.356 e. The number of nitrogens with one attached hydrogen (secondary N) is 1. The van der Waals surface area contributed by atoms with Crippen LogP contribution >= 0.6 is 0 Å². The van der Waals surface area contributed by atoms with E-state index in [0.717, 1.165) is 18.0 Å². The first-order chi connectivity index (χ1) is 15.0. The third-order valence-electron chi connectivity index (χ3n) is 5.03. The summed E-state index contributed by atoms with van der Waals surface area (Å²) >= 11 is 0. The smallest absolute Gasteiger partial charge is 0.243 e. The monoisotopic (exact) mass is 429 g/mol. The number of hydrogen-bond donors (Lipinski definition) is 1. The Bertz CT molecular complexity index is 588. The standard InChI is InChI=1S/C15H23N.C5H9NO.C5H9N.C2H6/c1-2-16-12-10-15(11-13-16)9-8-14-6-4-3-5-7-14;1-3-4-5(7)6-2;1-4-5(2)6-3;1-2/h3-7,15H,2,8-13H2,1H3;3-4H,1-2H3,(H,6,7);2-4H2,1H3;1-2H3/b;4-3+;;. The Hall–Kier alpha value is -2.20. The van der Waals surface area contributed by atoms with Crippen LogP contribution in [0.15, 0.2) is 59.8 Å². The average Bonchev–Trinajstić information content (AvgIpc) is 2.85. The molecule has 1 fully saturated rings. The number of likely N-dealkylation sites (tertiary alicyclic amines) is 1. The van der Waals surface area contributed by atoms with Gasteiger partial charge in [0.2, 0.25) is 5.91 Å². The molecule has 0 bridgehead atoms. The SMILES string of the molecule is C/C=C/C(=O)NC.C=NC(=C)CC.CC.CCN1CCC(CCc2ccccc2)CC1. The number of hydrogen-bond acceptors (Lipinski definition) is 3. The minimum atomic E-state index is -0.0532. The van der Waals surface area contributed by atoms with Crippen molar-refractivity contribution in [2.75, 3.05) is 26.7 Å². The normalized spacial score (nSPS) is 13.5. The molecule has 0 aliphatic carbocycles. The Morgan fingerprint density at radius 3 is 2.13 bits per heavy atom. The van der Waals surface area contributed by atoms with Crippen molar-refractivity contribution >= 4 is 12.6 Å². The molecule has 2 rings (SSSR count). The van der Waals surface area contributed by atoms with Crippen molar-refractivity contribution in [3.8, 4) is 0 Å². The van der Waals surface area contributed by atoms with E-state index >= 15 is 0 Å². The number of likely N-dealkylation sites (N-methyl/N-ethyl adjacent to an activating group) is 1. The fourth-order valence-corrected chi connectivity index (χ4v) is 2.95. The molecule has 0 atom stereocenters. The number of aliphatic imine (C=N–C) groups is 1. The maximum absolute atomic E-state index is 10.2. The van der Waals surface area contributed by atoms with Crippen LogP contribution in [0.25, 0.3) is 0 Å². The maximum Gasteiger partial charge on any atom is 0.243 e. The maximum atomic E-state index is 10.2. The van der Waals surface area contributed by atoms with E-state index in [1.54, 1.807) is 20.0 Å². The van der Waals surface area contributed by atoms with Crippen LogP contribution in [0.1, 0.15) is 65.9 Å². The molecule has 4 heteroatoms. The number of aryl methyl sites for hydroxylation is 1. The first kappa shape index (κ1) is 31.0. The van der Waals surface area contributed by atoms with Gasteiger partial charge in [-0.25, -0.2) is 0 Å². The van der Waals surface area contributed by atoms with Crippen LogP contribution < -0.4 is 5.32 Å². The van der Waals surface area contributed by atoms with Crippen LogP contribution in [-0.2, 0) is 11.2 Å². The molecule has 1 aromatic rings. The van der Waals surface area contributed by atoms with Crippen molar-refractivity contribution in [2.45, 2.75) is 66.7 Å². The highest BCUT2D eigenvalue weighted by molar-refractivity contribution is 5.86. The molecule has 0 aromatic heterocycles. The number of allylic oxidation sites excluding steroid dienone is 2. The van der Waals surface area contributed by atoms with E-state index in [1.807, 2.05) is 20.8 Å². The second kappa shape index (κ2) is 22.5. The lowest BCUT2D eigenvalue weighted by atomic mass is 9.90. The number of rotatable bonds is 7. The molecule has 1 heterocycles. The number of carbonyl (C=O) groups is 1. The fraction of sp³-hybridized carbons (Fsp3) is 0.556. The Morgan fingerprint density at radius 2 is 1.77 bits per heavy atom. The van der Waals surface area contributed by atoms with Crippen molar-refractivity contribution in [1.29, 1.82) is 0 Å². The van der Waals surface area contributed by atoms with E-state index in [-0.39, 0.29) is 5.91 Å². The van der Waals surface area contributed by atoms with Crippen LogP contribution in [0.4, 0.5) is 0 Å². The number of nitrogens with zero attached hydrogens (tertiary/aromatic N) is 2. The molecule has 0 saturated carbocycles. The predicted octanol–water partition coefficient (Wildman–Crippen LogP) is 6.30. The van der Waals surface area contributed by atoms with Crippen molar-refractivity contribution in [2.24, 2.45) is 10.9 Å². The molecular formula is C27H47N3O. The van der Waals surface area contributed by atoms with E-state index in [4.69, 9.17) is 0 Å². The summed E-state index contributed by atoms with van der Waals surface area (Å²) in [5.41, 5.74) is 2.36. The van der Waals surface area contributed by atoms with Crippen LogP contribution in [0, 0.1) is 5.92 Å². The Balaban J connectivity index is 0. The van der Waals surface area contributed by atoms with E-state index in [9.17, 15) is 4.79 Å². The van der Waals surface area contributed by atoms with E-state index in [2.05, 4.69) is 65.8 Å². The highest BCUT2D eigenvalue weighted by Crippen LogP contribution is 2.22. The predicted molar refractivity (Wildman–Crippen MR) is 139 cm³/mol. The van der Waals surface area contributed by atoms with Gasteiger partial charge in [-0.3, -0.25) is 9.79 Å². The third-order valence-corrected chi connectivity index (χ3v) is 5.03. The van der Waals surface area contributed by atoms with Gasteiger partial charge in [-0.2, -0.15) is 0 Å². The number of carbonyl (C=O) groups excluding carboxylic acids is 1. The van der Waals surface area contributed by atoms with Crippen molar-refractivity contribution in [3.63, 3.8) is 0 Å². The van der Waals surface area contributed by atoms with E-state index < -0.39 is 0 Å². The number of amides is 1. The molecular weight excluding hydrogens is 382 g/mol. The highest BCUT2D eigenvalue weighted by Gasteiger charge is 2.17. The molecule has 1 aliphatic rings. The summed E-state index contributed by atoms with van der Waals surface area (Å²) in [5, 5.41) is 2.44. The second-order valence-corrected chi connectivity index (χ2v) is 7.09. The molecule has 4 nitrogen and oxygen atoms in total. The lowest BCUT2D eigenvalue weighted by Gasteiger charge is -2.31. The van der Waals surface area contributed by atoms with Gasteiger partial charge >= 0.3 is 0 Å². The van der Waals surface area contributed by atoms with Crippen LogP contribution in [0.2, 0.25) is 0 Å². The van der Waals surface area contributed by atoms with Gasteiger partial charge in [-0.15, -0.1) is 0 Å². The molecule has 0 spiro atoms. The topological polar surface area (TPSA) is 44.7 Å². The van der Waals surface area contributed by atoms with Crippen molar-refractivity contribution in [1.82, 2.24) is 10.2 Å². The zero-order valence-corrected chi connectivity index (χ0v) is 21.0. The summed E-state index contributed by atoms with van der Waals surface area (Å²) in [6.07, 6.45) is 9.52. The summed E-state index contributed by atoms with van der Waals surface area (Å²) in [6.45, 7) is 20.8. The Kier molecular flexibility index (Phi) is 22.5. The zero-order valence-electron chi connectivity index (χ0n) is 21.0. The lowest BCUT2D eigenvalue weighted by Crippen LogP contribution is -2.33. The van der Waals surface area contributed by atoms with Gasteiger partial charge in [0.25, 0.3) is 0 Å².